The molecule has 1 aromatic rings. The third kappa shape index (κ3) is 11.0. The number of hydrogen-bond donors (Lipinski definition) is 1. The molecule has 2 heterocycles. The number of halogens is 1. The second-order valence-corrected chi connectivity index (χ2v) is 10.7. The molecule has 0 amide bonds. The molecule has 1 aliphatic rings. The molecular weight excluding hydrogens is 469 g/mol. The Morgan fingerprint density at radius 3 is 2.15 bits per heavy atom. The Morgan fingerprint density at radius 2 is 1.59 bits per heavy atom. The van der Waals surface area contributed by atoms with Crippen molar-refractivity contribution in [3.63, 3.8) is 0 Å². The summed E-state index contributed by atoms with van der Waals surface area (Å²) < 4.78 is 60.2. The van der Waals surface area contributed by atoms with Gasteiger partial charge < -0.3 is 24.3 Å². The molecule has 13 heteroatoms. The monoisotopic (exact) mass is 509 g/mol. The summed E-state index contributed by atoms with van der Waals surface area (Å²) in [6.45, 7) is 10.2. The van der Waals surface area contributed by atoms with Crippen LogP contribution in [0.3, 0.4) is 0 Å². The van der Waals surface area contributed by atoms with E-state index in [1.165, 1.54) is 6.26 Å². The number of aromatic nitrogens is 3. The maximum atomic E-state index is 14.4. The Morgan fingerprint density at radius 1 is 1.03 bits per heavy atom. The topological polar surface area (TPSA) is 117 Å². The van der Waals surface area contributed by atoms with E-state index in [-0.39, 0.29) is 30.6 Å². The van der Waals surface area contributed by atoms with Crippen LogP contribution in [-0.2, 0) is 41.9 Å². The van der Waals surface area contributed by atoms with Gasteiger partial charge in [0.05, 0.1) is 64.6 Å². The summed E-state index contributed by atoms with van der Waals surface area (Å²) in [6, 6.07) is 0.512. The van der Waals surface area contributed by atoms with Gasteiger partial charge in [-0.15, -0.1) is 5.10 Å². The highest BCUT2D eigenvalue weighted by atomic mass is 32.2. The highest BCUT2D eigenvalue weighted by molar-refractivity contribution is 7.91. The predicted octanol–water partition coefficient (Wildman–Crippen LogP) is 0.101. The highest BCUT2D eigenvalue weighted by Crippen LogP contribution is 2.18. The summed E-state index contributed by atoms with van der Waals surface area (Å²) in [5, 5.41) is 10.6. The van der Waals surface area contributed by atoms with Crippen LogP contribution in [0.1, 0.15) is 26.0 Å². The first kappa shape index (κ1) is 29.0. The Hall–Kier alpha value is -1.22. The lowest BCUT2D eigenvalue weighted by Gasteiger charge is -2.37. The zero-order chi connectivity index (χ0) is 24.8. The van der Waals surface area contributed by atoms with E-state index < -0.39 is 15.8 Å². The van der Waals surface area contributed by atoms with Crippen LogP contribution in [-0.4, -0.2) is 118 Å². The SMILES string of the molecule is CCC(C)NCCOCCOCCOCCOCCn1nnc(CN2CC(S(C)(=O)=O)C2)c1F. The normalized spacial score (nSPS) is 16.1. The summed E-state index contributed by atoms with van der Waals surface area (Å²) in [4.78, 5) is 1.83. The van der Waals surface area contributed by atoms with Gasteiger partial charge in [-0.1, -0.05) is 12.1 Å². The van der Waals surface area contributed by atoms with E-state index in [0.717, 1.165) is 17.6 Å². The maximum absolute atomic E-state index is 14.4. The van der Waals surface area contributed by atoms with Crippen LogP contribution in [0.25, 0.3) is 0 Å². The van der Waals surface area contributed by atoms with Crippen molar-refractivity contribution in [2.24, 2.45) is 0 Å². The molecule has 0 saturated carbocycles. The Kier molecular flexibility index (Phi) is 13.4. The number of nitrogens with one attached hydrogen (secondary N) is 1. The fourth-order valence-corrected chi connectivity index (χ4v) is 4.11. The average molecular weight is 510 g/mol. The largest absolute Gasteiger partial charge is 0.378 e. The van der Waals surface area contributed by atoms with Crippen molar-refractivity contribution in [2.45, 2.75) is 44.6 Å². The third-order valence-corrected chi connectivity index (χ3v) is 7.06. The maximum Gasteiger partial charge on any atom is 0.236 e. The second kappa shape index (κ2) is 15.7. The summed E-state index contributed by atoms with van der Waals surface area (Å²) in [5.74, 6) is -0.518. The molecule has 1 fully saturated rings. The zero-order valence-electron chi connectivity index (χ0n) is 20.6. The lowest BCUT2D eigenvalue weighted by atomic mass is 10.2. The van der Waals surface area contributed by atoms with E-state index >= 15 is 0 Å². The molecule has 1 N–H and O–H groups in total. The van der Waals surface area contributed by atoms with Crippen LogP contribution in [0.15, 0.2) is 0 Å². The van der Waals surface area contributed by atoms with Gasteiger partial charge in [-0.3, -0.25) is 4.90 Å². The molecule has 1 saturated heterocycles. The van der Waals surface area contributed by atoms with Crippen LogP contribution in [0.2, 0.25) is 0 Å². The molecule has 198 valence electrons. The van der Waals surface area contributed by atoms with E-state index in [4.69, 9.17) is 18.9 Å². The van der Waals surface area contributed by atoms with Crippen molar-refractivity contribution in [1.82, 2.24) is 25.2 Å². The quantitative estimate of drug-likeness (QED) is 0.243. The fraction of sp³-hybridized carbons (Fsp3) is 0.905. The first-order chi connectivity index (χ1) is 16.3. The Balaban J connectivity index is 1.40. The molecule has 0 bridgehead atoms. The van der Waals surface area contributed by atoms with Crippen LogP contribution in [0.5, 0.6) is 0 Å². The van der Waals surface area contributed by atoms with E-state index in [1.807, 2.05) is 4.90 Å². The first-order valence-electron chi connectivity index (χ1n) is 11.8. The van der Waals surface area contributed by atoms with Gasteiger partial charge in [0, 0.05) is 38.5 Å². The molecule has 1 unspecified atom stereocenters. The molecule has 2 rings (SSSR count). The lowest BCUT2D eigenvalue weighted by molar-refractivity contribution is -0.00276. The smallest absolute Gasteiger partial charge is 0.236 e. The van der Waals surface area contributed by atoms with Gasteiger partial charge in [0.1, 0.15) is 5.69 Å². The summed E-state index contributed by atoms with van der Waals surface area (Å²) >= 11 is 0. The van der Waals surface area contributed by atoms with Crippen LogP contribution >= 0.6 is 0 Å². The molecule has 0 spiro atoms. The van der Waals surface area contributed by atoms with Gasteiger partial charge in [-0.2, -0.15) is 4.39 Å². The number of hydrogen-bond acceptors (Lipinski definition) is 10. The van der Waals surface area contributed by atoms with Gasteiger partial charge in [-0.25, -0.2) is 13.1 Å². The zero-order valence-corrected chi connectivity index (χ0v) is 21.4. The van der Waals surface area contributed by atoms with Gasteiger partial charge in [-0.05, 0) is 13.3 Å². The van der Waals surface area contributed by atoms with Crippen molar-refractivity contribution in [3.05, 3.63) is 11.6 Å². The second-order valence-electron chi connectivity index (χ2n) is 8.41. The van der Waals surface area contributed by atoms with Crippen LogP contribution in [0, 0.1) is 5.95 Å². The molecule has 1 aliphatic heterocycles. The minimum atomic E-state index is -3.05. The fourth-order valence-electron chi connectivity index (χ4n) is 3.15. The molecule has 11 nitrogen and oxygen atoms in total. The van der Waals surface area contributed by atoms with Crippen molar-refractivity contribution in [3.8, 4) is 0 Å². The van der Waals surface area contributed by atoms with E-state index in [1.54, 1.807) is 0 Å². The minimum Gasteiger partial charge on any atom is -0.378 e. The number of likely N-dealkylation sites (tertiary alicyclic amines) is 1. The molecule has 0 aliphatic carbocycles. The summed E-state index contributed by atoms with van der Waals surface area (Å²) in [5.41, 5.74) is 0.212. The Bertz CT molecular complexity index is 791. The van der Waals surface area contributed by atoms with Gasteiger partial charge in [0.15, 0.2) is 9.84 Å². The third-order valence-electron chi connectivity index (χ3n) is 5.56. The lowest BCUT2D eigenvalue weighted by Crippen LogP contribution is -2.53. The molecule has 0 radical (unpaired) electrons. The number of sulfone groups is 1. The van der Waals surface area contributed by atoms with Gasteiger partial charge in [0.2, 0.25) is 5.95 Å². The van der Waals surface area contributed by atoms with Gasteiger partial charge in [0.25, 0.3) is 0 Å². The Labute approximate surface area is 202 Å². The minimum absolute atomic E-state index is 0.212. The first-order valence-corrected chi connectivity index (χ1v) is 13.8. The molecule has 0 aromatic carbocycles. The van der Waals surface area contributed by atoms with Crippen molar-refractivity contribution >= 4 is 9.84 Å². The van der Waals surface area contributed by atoms with Crippen molar-refractivity contribution < 1.29 is 31.8 Å². The van der Waals surface area contributed by atoms with Crippen LogP contribution < -0.4 is 5.32 Å². The molecule has 1 aromatic heterocycles. The van der Waals surface area contributed by atoms with Crippen molar-refractivity contribution in [2.75, 3.05) is 78.7 Å². The average Bonchev–Trinajstić information content (AvgIpc) is 3.11. The summed E-state index contributed by atoms with van der Waals surface area (Å²) in [7, 11) is -3.05. The van der Waals surface area contributed by atoms with Crippen LogP contribution in [0.4, 0.5) is 4.39 Å². The number of ether oxygens (including phenoxy) is 4. The number of rotatable bonds is 20. The van der Waals surface area contributed by atoms with Gasteiger partial charge >= 0.3 is 0 Å². The molecular formula is C21H40FN5O6S. The van der Waals surface area contributed by atoms with E-state index in [2.05, 4.69) is 29.5 Å². The summed E-state index contributed by atoms with van der Waals surface area (Å²) in [6.07, 6.45) is 2.32. The predicted molar refractivity (Wildman–Crippen MR) is 125 cm³/mol. The number of nitrogens with zero attached hydrogens (tertiary/aromatic N) is 4. The molecule has 34 heavy (non-hydrogen) atoms. The molecule has 1 atom stereocenters. The van der Waals surface area contributed by atoms with E-state index in [0.29, 0.717) is 65.4 Å². The van der Waals surface area contributed by atoms with E-state index in [9.17, 15) is 12.8 Å². The van der Waals surface area contributed by atoms with Crippen molar-refractivity contribution in [1.29, 1.82) is 0 Å². The highest BCUT2D eigenvalue weighted by Gasteiger charge is 2.35. The standard InChI is InChI=1S/C21H40FN5O6S/c1-4-18(2)23-5-7-30-9-11-32-13-14-33-12-10-31-8-6-27-21(22)20(24-25-27)17-26-15-19(16-26)34(3,28)29/h18-19,23H,4-17H2,1-3H3.